The van der Waals surface area contributed by atoms with Crippen molar-refractivity contribution in [3.63, 3.8) is 0 Å². The molecule has 0 heterocycles. The number of nitro benzene ring substituents is 1. The second-order valence-electron chi connectivity index (χ2n) is 5.47. The van der Waals surface area contributed by atoms with E-state index in [2.05, 4.69) is 18.8 Å². The number of non-ortho nitro benzene ring substituents is 1. The maximum Gasteiger partial charge on any atom is 0.274 e. The lowest BCUT2D eigenvalue weighted by Crippen LogP contribution is -1.95. The third-order valence-electron chi connectivity index (χ3n) is 3.94. The van der Waals surface area contributed by atoms with E-state index in [-0.39, 0.29) is 22.7 Å². The summed E-state index contributed by atoms with van der Waals surface area (Å²) in [4.78, 5) is 14.9. The van der Waals surface area contributed by atoms with Gasteiger partial charge in [0.1, 0.15) is 0 Å². The Morgan fingerprint density at radius 1 is 1.38 bits per heavy atom. The molecule has 0 fully saturated rings. The van der Waals surface area contributed by atoms with Gasteiger partial charge in [0.05, 0.1) is 23.8 Å². The van der Waals surface area contributed by atoms with Crippen molar-refractivity contribution in [2.24, 2.45) is 4.99 Å². The second kappa shape index (κ2) is 7.59. The molecule has 0 saturated carbocycles. The molecule has 0 bridgehead atoms. The zero-order valence-corrected chi connectivity index (χ0v) is 13.9. The fourth-order valence-corrected chi connectivity index (χ4v) is 2.35. The summed E-state index contributed by atoms with van der Waals surface area (Å²) in [6, 6.07) is 10.2. The molecule has 126 valence electrons. The highest BCUT2D eigenvalue weighted by atomic mass is 16.6. The Morgan fingerprint density at radius 2 is 2.08 bits per heavy atom. The summed E-state index contributed by atoms with van der Waals surface area (Å²) in [6.07, 6.45) is 2.40. The fraction of sp³-hybridized carbons (Fsp3) is 0.278. The Kier molecular flexibility index (Phi) is 5.52. The van der Waals surface area contributed by atoms with Gasteiger partial charge in [-0.2, -0.15) is 0 Å². The number of aromatic hydroxyl groups is 1. The van der Waals surface area contributed by atoms with Crippen molar-refractivity contribution in [1.29, 1.82) is 0 Å². The maximum absolute atomic E-state index is 11.0. The molecular weight excluding hydrogens is 308 g/mol. The van der Waals surface area contributed by atoms with Crippen LogP contribution in [0.5, 0.6) is 11.5 Å². The van der Waals surface area contributed by atoms with Crippen molar-refractivity contribution in [1.82, 2.24) is 0 Å². The maximum atomic E-state index is 11.0. The minimum Gasteiger partial charge on any atom is -0.504 e. The highest BCUT2D eigenvalue weighted by Gasteiger charge is 2.16. The number of nitro groups is 1. The van der Waals surface area contributed by atoms with E-state index in [9.17, 15) is 15.2 Å². The number of rotatable bonds is 6. The van der Waals surface area contributed by atoms with E-state index in [1.165, 1.54) is 25.5 Å². The van der Waals surface area contributed by atoms with Gasteiger partial charge in [0.2, 0.25) is 0 Å². The summed E-state index contributed by atoms with van der Waals surface area (Å²) in [5.74, 6) is 0.209. The molecule has 0 radical (unpaired) electrons. The lowest BCUT2D eigenvalue weighted by atomic mass is 9.97. The monoisotopic (exact) mass is 328 g/mol. The Hall–Kier alpha value is -2.89. The first-order valence-corrected chi connectivity index (χ1v) is 7.66. The average molecular weight is 328 g/mol. The van der Waals surface area contributed by atoms with Crippen molar-refractivity contribution in [3.05, 3.63) is 57.6 Å². The van der Waals surface area contributed by atoms with Crippen LogP contribution in [0, 0.1) is 10.1 Å². The smallest absolute Gasteiger partial charge is 0.274 e. The topological polar surface area (TPSA) is 85.0 Å². The van der Waals surface area contributed by atoms with Gasteiger partial charge in [-0.15, -0.1) is 0 Å². The zero-order chi connectivity index (χ0) is 17.7. The van der Waals surface area contributed by atoms with E-state index < -0.39 is 4.92 Å². The van der Waals surface area contributed by atoms with Crippen LogP contribution in [0.3, 0.4) is 0 Å². The Morgan fingerprint density at radius 3 is 2.71 bits per heavy atom. The lowest BCUT2D eigenvalue weighted by Gasteiger charge is -2.11. The van der Waals surface area contributed by atoms with Gasteiger partial charge >= 0.3 is 0 Å². The van der Waals surface area contributed by atoms with Crippen LogP contribution >= 0.6 is 0 Å². The van der Waals surface area contributed by atoms with Crippen LogP contribution in [-0.4, -0.2) is 23.4 Å². The summed E-state index contributed by atoms with van der Waals surface area (Å²) in [5.41, 5.74) is 1.94. The third kappa shape index (κ3) is 3.71. The molecule has 0 amide bonds. The molecule has 0 aliphatic heterocycles. The number of methoxy groups -OCH3 is 1. The van der Waals surface area contributed by atoms with Gasteiger partial charge in [-0.05, 0) is 24.0 Å². The van der Waals surface area contributed by atoms with E-state index in [0.717, 1.165) is 17.7 Å². The van der Waals surface area contributed by atoms with Gasteiger partial charge in [-0.3, -0.25) is 15.1 Å². The molecule has 1 N–H and O–H groups in total. The van der Waals surface area contributed by atoms with Crippen LogP contribution in [-0.2, 0) is 0 Å². The average Bonchev–Trinajstić information content (AvgIpc) is 2.60. The minimum absolute atomic E-state index is 0.0425. The van der Waals surface area contributed by atoms with Gasteiger partial charge < -0.3 is 9.84 Å². The molecule has 0 aliphatic carbocycles. The van der Waals surface area contributed by atoms with E-state index in [4.69, 9.17) is 4.74 Å². The van der Waals surface area contributed by atoms with E-state index >= 15 is 0 Å². The summed E-state index contributed by atoms with van der Waals surface area (Å²) in [5, 5.41) is 21.2. The van der Waals surface area contributed by atoms with Crippen LogP contribution in [0.1, 0.15) is 37.3 Å². The van der Waals surface area contributed by atoms with Crippen molar-refractivity contribution in [2.75, 3.05) is 7.11 Å². The molecule has 6 heteroatoms. The predicted octanol–water partition coefficient (Wildman–Crippen LogP) is 4.57. The third-order valence-corrected chi connectivity index (χ3v) is 3.94. The molecule has 6 nitrogen and oxygen atoms in total. The normalized spacial score (nSPS) is 12.3. The molecule has 0 aromatic heterocycles. The molecule has 2 aromatic rings. The summed E-state index contributed by atoms with van der Waals surface area (Å²) in [6.45, 7) is 4.21. The number of nitrogens with zero attached hydrogens (tertiary/aromatic N) is 2. The number of ether oxygens (including phenoxy) is 1. The number of hydrogen-bond donors (Lipinski definition) is 1. The second-order valence-corrected chi connectivity index (χ2v) is 5.47. The predicted molar refractivity (Wildman–Crippen MR) is 93.7 cm³/mol. The molecule has 0 aliphatic rings. The number of hydrogen-bond acceptors (Lipinski definition) is 5. The minimum atomic E-state index is -0.535. The Balaban J connectivity index is 2.46. The number of benzene rings is 2. The number of aliphatic imine (C=N–C) groups is 1. The summed E-state index contributed by atoms with van der Waals surface area (Å²) >= 11 is 0. The molecule has 24 heavy (non-hydrogen) atoms. The summed E-state index contributed by atoms with van der Waals surface area (Å²) in [7, 11) is 1.35. The molecule has 2 rings (SSSR count). The molecule has 0 spiro atoms. The van der Waals surface area contributed by atoms with Crippen molar-refractivity contribution in [3.8, 4) is 11.5 Å². The number of para-hydroxylation sites is 1. The molecule has 0 saturated heterocycles. The number of phenolic OH excluding ortho intramolecular Hbond substituents is 1. The summed E-state index contributed by atoms with van der Waals surface area (Å²) < 4.78 is 4.99. The van der Waals surface area contributed by atoms with Gasteiger partial charge in [0.15, 0.2) is 11.5 Å². The van der Waals surface area contributed by atoms with Crippen LogP contribution in [0.25, 0.3) is 0 Å². The van der Waals surface area contributed by atoms with Crippen LogP contribution in [0.2, 0.25) is 0 Å². The van der Waals surface area contributed by atoms with E-state index in [1.807, 2.05) is 24.3 Å². The zero-order valence-electron chi connectivity index (χ0n) is 13.9. The molecular formula is C18H20N2O4. The van der Waals surface area contributed by atoms with Gasteiger partial charge in [-0.25, -0.2) is 0 Å². The molecule has 2 aromatic carbocycles. The van der Waals surface area contributed by atoms with E-state index in [1.54, 1.807) is 0 Å². The first kappa shape index (κ1) is 17.5. The highest BCUT2D eigenvalue weighted by molar-refractivity contribution is 5.88. The van der Waals surface area contributed by atoms with Crippen LogP contribution < -0.4 is 4.74 Å². The first-order valence-electron chi connectivity index (χ1n) is 7.66. The quantitative estimate of drug-likeness (QED) is 0.478. The largest absolute Gasteiger partial charge is 0.504 e. The van der Waals surface area contributed by atoms with Crippen molar-refractivity contribution in [2.45, 2.75) is 26.2 Å². The van der Waals surface area contributed by atoms with Crippen LogP contribution in [0.4, 0.5) is 11.4 Å². The molecule has 0 unspecified atom stereocenters. The van der Waals surface area contributed by atoms with Crippen LogP contribution in [0.15, 0.2) is 41.4 Å². The lowest BCUT2D eigenvalue weighted by molar-refractivity contribution is -0.385. The van der Waals surface area contributed by atoms with Gasteiger partial charge in [0, 0.05) is 17.8 Å². The Bertz CT molecular complexity index is 772. The molecule has 1 atom stereocenters. The first-order chi connectivity index (χ1) is 11.5. The van der Waals surface area contributed by atoms with Gasteiger partial charge in [0.25, 0.3) is 5.69 Å². The highest BCUT2D eigenvalue weighted by Crippen LogP contribution is 2.34. The number of phenols is 1. The van der Waals surface area contributed by atoms with Crippen molar-refractivity contribution >= 4 is 17.6 Å². The standard InChI is InChI=1S/C18H20N2O4/c1-4-12(2)15-7-5-6-8-16(15)19-11-13-9-14(20(22)23)10-17(24-3)18(13)21/h5-12,21H,4H2,1-3H3/t12-/m0/s1. The van der Waals surface area contributed by atoms with Crippen molar-refractivity contribution < 1.29 is 14.8 Å². The van der Waals surface area contributed by atoms with Gasteiger partial charge in [-0.1, -0.05) is 32.0 Å². The Labute approximate surface area is 140 Å². The SMILES string of the molecule is CC[C@H](C)c1ccccc1N=Cc1cc([N+](=O)[O-])cc(OC)c1O. The fourth-order valence-electron chi connectivity index (χ4n) is 2.35. The van der Waals surface area contributed by atoms with E-state index in [0.29, 0.717) is 5.92 Å².